The number of nitrogens with two attached hydrogens (primary N) is 1. The lowest BCUT2D eigenvalue weighted by Crippen LogP contribution is -2.44. The first-order valence-corrected chi connectivity index (χ1v) is 8.40. The fraction of sp³-hybridized carbons (Fsp3) is 0.667. The molecule has 0 radical (unpaired) electrons. The molecule has 1 fully saturated rings. The van der Waals surface area contributed by atoms with Gasteiger partial charge in [0.1, 0.15) is 5.82 Å². The maximum absolute atomic E-state index is 13.6. The van der Waals surface area contributed by atoms with Crippen LogP contribution in [0.1, 0.15) is 57.6 Å². The number of likely N-dealkylation sites (tertiary alicyclic amines) is 1. The van der Waals surface area contributed by atoms with Crippen molar-refractivity contribution in [3.8, 4) is 0 Å². The predicted molar refractivity (Wildman–Crippen MR) is 86.6 cm³/mol. The average molecular weight is 292 g/mol. The molecule has 0 spiro atoms. The molecule has 1 aromatic carbocycles. The summed E-state index contributed by atoms with van der Waals surface area (Å²) >= 11 is 0. The van der Waals surface area contributed by atoms with Gasteiger partial charge in [-0.3, -0.25) is 4.90 Å². The number of halogens is 1. The zero-order chi connectivity index (χ0) is 15.2. The Morgan fingerprint density at radius 3 is 2.57 bits per heavy atom. The second-order valence-electron chi connectivity index (χ2n) is 6.34. The van der Waals surface area contributed by atoms with Gasteiger partial charge in [-0.15, -0.1) is 0 Å². The van der Waals surface area contributed by atoms with Crippen molar-refractivity contribution in [2.24, 2.45) is 11.7 Å². The molecule has 2 N–H and O–H groups in total. The van der Waals surface area contributed by atoms with E-state index in [1.54, 1.807) is 12.1 Å². The van der Waals surface area contributed by atoms with Gasteiger partial charge in [0.05, 0.1) is 0 Å². The largest absolute Gasteiger partial charge is 0.326 e. The smallest absolute Gasteiger partial charge is 0.123 e. The molecule has 1 aliphatic heterocycles. The van der Waals surface area contributed by atoms with Gasteiger partial charge in [-0.2, -0.15) is 0 Å². The molecule has 2 nitrogen and oxygen atoms in total. The summed E-state index contributed by atoms with van der Waals surface area (Å²) in [4.78, 5) is 2.47. The summed E-state index contributed by atoms with van der Waals surface area (Å²) in [6.07, 6.45) is 6.01. The third-order valence-corrected chi connectivity index (χ3v) is 4.81. The number of piperidine rings is 1. The van der Waals surface area contributed by atoms with E-state index in [0.29, 0.717) is 0 Å². The molecule has 0 amide bonds. The average Bonchev–Trinajstić information content (AvgIpc) is 2.49. The van der Waals surface area contributed by atoms with Gasteiger partial charge in [-0.05, 0) is 56.0 Å². The lowest BCUT2D eigenvalue weighted by atomic mass is 9.89. The molecule has 2 unspecified atom stereocenters. The van der Waals surface area contributed by atoms with E-state index in [2.05, 4.69) is 18.7 Å². The predicted octanol–water partition coefficient (Wildman–Crippen LogP) is 4.12. The highest BCUT2D eigenvalue weighted by atomic mass is 19.1. The Morgan fingerprint density at radius 1 is 1.29 bits per heavy atom. The first-order valence-electron chi connectivity index (χ1n) is 8.40. The van der Waals surface area contributed by atoms with Crippen molar-refractivity contribution in [3.63, 3.8) is 0 Å². The van der Waals surface area contributed by atoms with Gasteiger partial charge in [0.2, 0.25) is 0 Å². The van der Waals surface area contributed by atoms with Crippen LogP contribution in [0.25, 0.3) is 0 Å². The van der Waals surface area contributed by atoms with Gasteiger partial charge >= 0.3 is 0 Å². The van der Waals surface area contributed by atoms with Crippen LogP contribution in [0, 0.1) is 11.7 Å². The second-order valence-corrected chi connectivity index (χ2v) is 6.34. The highest BCUT2D eigenvalue weighted by molar-refractivity contribution is 5.22. The number of hydrogen-bond donors (Lipinski definition) is 1. The third kappa shape index (κ3) is 4.27. The van der Waals surface area contributed by atoms with Gasteiger partial charge in [0.25, 0.3) is 0 Å². The first-order chi connectivity index (χ1) is 10.2. The zero-order valence-corrected chi connectivity index (χ0v) is 13.4. The van der Waals surface area contributed by atoms with Crippen LogP contribution in [0.15, 0.2) is 24.3 Å². The van der Waals surface area contributed by atoms with E-state index in [1.807, 2.05) is 6.07 Å². The minimum Gasteiger partial charge on any atom is -0.326 e. The molecule has 0 aromatic heterocycles. The molecule has 1 aliphatic rings. The lowest BCUT2D eigenvalue weighted by Gasteiger charge is -2.40. The van der Waals surface area contributed by atoms with Gasteiger partial charge in [-0.25, -0.2) is 4.39 Å². The molecular weight excluding hydrogens is 263 g/mol. The fourth-order valence-electron chi connectivity index (χ4n) is 3.57. The van der Waals surface area contributed by atoms with Crippen LogP contribution in [-0.4, -0.2) is 24.0 Å². The Bertz CT molecular complexity index is 427. The van der Waals surface area contributed by atoms with Crippen LogP contribution in [0.2, 0.25) is 0 Å². The molecule has 0 saturated carbocycles. The minimum atomic E-state index is -0.165. The molecule has 2 atom stereocenters. The first kappa shape index (κ1) is 16.4. The van der Waals surface area contributed by atoms with Crippen LogP contribution in [0.5, 0.6) is 0 Å². The topological polar surface area (TPSA) is 29.3 Å². The Kier molecular flexibility index (Phi) is 6.19. The third-order valence-electron chi connectivity index (χ3n) is 4.81. The van der Waals surface area contributed by atoms with E-state index >= 15 is 0 Å². The Hall–Kier alpha value is -0.930. The Morgan fingerprint density at radius 2 is 2.00 bits per heavy atom. The molecule has 118 valence electrons. The number of nitrogens with zero attached hydrogens (tertiary/aromatic N) is 1. The van der Waals surface area contributed by atoms with E-state index in [0.717, 1.165) is 31.0 Å². The molecule has 3 heteroatoms. The Balaban J connectivity index is 2.11. The molecule has 2 rings (SSSR count). The van der Waals surface area contributed by atoms with Crippen LogP contribution >= 0.6 is 0 Å². The van der Waals surface area contributed by atoms with Crippen molar-refractivity contribution in [3.05, 3.63) is 35.6 Å². The summed E-state index contributed by atoms with van der Waals surface area (Å²) in [5, 5.41) is 0. The number of benzene rings is 1. The summed E-state index contributed by atoms with van der Waals surface area (Å²) in [7, 11) is 0. The van der Waals surface area contributed by atoms with E-state index in [-0.39, 0.29) is 17.9 Å². The SMILES string of the molecule is CCCC1CCN(C(c2cccc(F)c2)C(N)CC)CC1. The van der Waals surface area contributed by atoms with Gasteiger partial charge in [0, 0.05) is 12.1 Å². The van der Waals surface area contributed by atoms with Crippen LogP contribution in [0.3, 0.4) is 0 Å². The fourth-order valence-corrected chi connectivity index (χ4v) is 3.57. The van der Waals surface area contributed by atoms with Crippen molar-refractivity contribution >= 4 is 0 Å². The summed E-state index contributed by atoms with van der Waals surface area (Å²) in [5.74, 6) is 0.693. The van der Waals surface area contributed by atoms with Crippen molar-refractivity contribution in [2.45, 2.75) is 58.0 Å². The van der Waals surface area contributed by atoms with E-state index < -0.39 is 0 Å². The lowest BCUT2D eigenvalue weighted by molar-refractivity contribution is 0.111. The molecule has 1 heterocycles. The monoisotopic (exact) mass is 292 g/mol. The summed E-state index contributed by atoms with van der Waals surface area (Å²) in [6, 6.07) is 7.18. The molecule has 0 aliphatic carbocycles. The zero-order valence-electron chi connectivity index (χ0n) is 13.4. The highest BCUT2D eigenvalue weighted by Crippen LogP contribution is 2.31. The van der Waals surface area contributed by atoms with E-state index in [1.165, 1.54) is 31.7 Å². The molecule has 1 aromatic rings. The maximum Gasteiger partial charge on any atom is 0.123 e. The summed E-state index contributed by atoms with van der Waals surface area (Å²) in [5.41, 5.74) is 7.39. The van der Waals surface area contributed by atoms with Crippen molar-refractivity contribution < 1.29 is 4.39 Å². The second kappa shape index (κ2) is 7.90. The molecule has 21 heavy (non-hydrogen) atoms. The number of rotatable bonds is 6. The quantitative estimate of drug-likeness (QED) is 0.854. The molecule has 1 saturated heterocycles. The van der Waals surface area contributed by atoms with Gasteiger partial charge in [-0.1, -0.05) is 38.8 Å². The molecule has 0 bridgehead atoms. The van der Waals surface area contributed by atoms with Gasteiger partial charge < -0.3 is 5.73 Å². The maximum atomic E-state index is 13.6. The van der Waals surface area contributed by atoms with E-state index in [4.69, 9.17) is 5.73 Å². The van der Waals surface area contributed by atoms with Crippen LogP contribution in [0.4, 0.5) is 4.39 Å². The normalized spacial score (nSPS) is 20.4. The van der Waals surface area contributed by atoms with Crippen molar-refractivity contribution in [2.75, 3.05) is 13.1 Å². The van der Waals surface area contributed by atoms with Crippen LogP contribution in [-0.2, 0) is 0 Å². The summed E-state index contributed by atoms with van der Waals surface area (Å²) in [6.45, 7) is 6.54. The van der Waals surface area contributed by atoms with Gasteiger partial charge in [0.15, 0.2) is 0 Å². The highest BCUT2D eigenvalue weighted by Gasteiger charge is 2.29. The van der Waals surface area contributed by atoms with Crippen LogP contribution < -0.4 is 5.73 Å². The number of hydrogen-bond acceptors (Lipinski definition) is 2. The van der Waals surface area contributed by atoms with Crippen molar-refractivity contribution in [1.29, 1.82) is 0 Å². The summed E-state index contributed by atoms with van der Waals surface area (Å²) < 4.78 is 13.6. The standard InChI is InChI=1S/C18H29FN2/c1-3-6-14-9-11-21(12-10-14)18(17(20)4-2)15-7-5-8-16(19)13-15/h5,7-8,13-14,17-18H,3-4,6,9-12,20H2,1-2H3. The Labute approximate surface area is 128 Å². The van der Waals surface area contributed by atoms with Crippen molar-refractivity contribution in [1.82, 2.24) is 4.90 Å². The minimum absolute atomic E-state index is 0.0644. The van der Waals surface area contributed by atoms with E-state index in [9.17, 15) is 4.39 Å². The molecular formula is C18H29FN2.